The van der Waals surface area contributed by atoms with E-state index in [0.717, 1.165) is 17.7 Å². The average molecular weight is 348 g/mol. The number of nitrogens with one attached hydrogen (secondary N) is 1. The van der Waals surface area contributed by atoms with Crippen molar-refractivity contribution in [3.05, 3.63) is 59.7 Å². The Morgan fingerprint density at radius 2 is 1.96 bits per heavy atom. The molecule has 0 unspecified atom stereocenters. The summed E-state index contributed by atoms with van der Waals surface area (Å²) in [7, 11) is -3.82. The van der Waals surface area contributed by atoms with E-state index < -0.39 is 10.0 Å². The number of rotatable bonds is 3. The van der Waals surface area contributed by atoms with Crippen molar-refractivity contribution in [2.75, 3.05) is 5.75 Å². The van der Waals surface area contributed by atoms with E-state index >= 15 is 0 Å². The minimum absolute atomic E-state index is 0.0650. The standard InChI is InChI=1S/C16H16N2O3S2/c17-23(20,21)12-5-3-4-11(10-12)16(19)18-14-8-9-22-15-7-2-1-6-13(14)15/h1-7,10,14H,8-9H2,(H,18,19)(H2,17,20,21)/t14-/m1/s1. The largest absolute Gasteiger partial charge is 0.345 e. The Kier molecular flexibility index (Phi) is 4.43. The highest BCUT2D eigenvalue weighted by molar-refractivity contribution is 7.99. The zero-order valence-corrected chi connectivity index (χ0v) is 13.9. The van der Waals surface area contributed by atoms with Crippen molar-refractivity contribution in [1.82, 2.24) is 5.32 Å². The number of fused-ring (bicyclic) bond motifs is 1. The van der Waals surface area contributed by atoms with Crippen molar-refractivity contribution in [2.45, 2.75) is 22.3 Å². The number of thioether (sulfide) groups is 1. The molecule has 1 aliphatic heterocycles. The molecule has 1 aliphatic rings. The highest BCUT2D eigenvalue weighted by Crippen LogP contribution is 2.35. The molecule has 1 atom stereocenters. The lowest BCUT2D eigenvalue weighted by molar-refractivity contribution is 0.0934. The van der Waals surface area contributed by atoms with Crippen LogP contribution in [0, 0.1) is 0 Å². The zero-order chi connectivity index (χ0) is 16.4. The Morgan fingerprint density at radius 3 is 2.74 bits per heavy atom. The fourth-order valence-corrected chi connectivity index (χ4v) is 4.23. The van der Waals surface area contributed by atoms with Crippen LogP contribution in [0.1, 0.15) is 28.4 Å². The van der Waals surface area contributed by atoms with Gasteiger partial charge in [-0.3, -0.25) is 4.79 Å². The van der Waals surface area contributed by atoms with Crippen LogP contribution < -0.4 is 10.5 Å². The third-order valence-electron chi connectivity index (χ3n) is 3.69. The number of hydrogen-bond acceptors (Lipinski definition) is 4. The molecule has 1 heterocycles. The summed E-state index contributed by atoms with van der Waals surface area (Å²) in [4.78, 5) is 13.6. The number of hydrogen-bond donors (Lipinski definition) is 2. The molecule has 0 saturated carbocycles. The molecule has 120 valence electrons. The summed E-state index contributed by atoms with van der Waals surface area (Å²) >= 11 is 1.77. The Bertz CT molecular complexity index is 850. The second kappa shape index (κ2) is 6.35. The molecule has 1 amide bonds. The second-order valence-electron chi connectivity index (χ2n) is 5.27. The highest BCUT2D eigenvalue weighted by atomic mass is 32.2. The predicted octanol–water partition coefficient (Wildman–Crippen LogP) is 2.30. The number of nitrogens with two attached hydrogens (primary N) is 1. The van der Waals surface area contributed by atoms with E-state index in [4.69, 9.17) is 5.14 Å². The lowest BCUT2D eigenvalue weighted by Crippen LogP contribution is -2.30. The van der Waals surface area contributed by atoms with Gasteiger partial charge in [-0.1, -0.05) is 24.3 Å². The number of carbonyl (C=O) groups excluding carboxylic acids is 1. The van der Waals surface area contributed by atoms with E-state index in [9.17, 15) is 13.2 Å². The molecule has 0 bridgehead atoms. The van der Waals surface area contributed by atoms with Crippen LogP contribution >= 0.6 is 11.8 Å². The Morgan fingerprint density at radius 1 is 1.17 bits per heavy atom. The summed E-state index contributed by atoms with van der Waals surface area (Å²) in [6.45, 7) is 0. The third kappa shape index (κ3) is 3.57. The number of amides is 1. The van der Waals surface area contributed by atoms with Gasteiger partial charge in [-0.05, 0) is 36.2 Å². The van der Waals surface area contributed by atoms with E-state index in [1.54, 1.807) is 17.8 Å². The van der Waals surface area contributed by atoms with Gasteiger partial charge in [0.2, 0.25) is 10.0 Å². The molecule has 0 radical (unpaired) electrons. The zero-order valence-electron chi connectivity index (χ0n) is 12.2. The molecule has 23 heavy (non-hydrogen) atoms. The van der Waals surface area contributed by atoms with Crippen LogP contribution in [0.25, 0.3) is 0 Å². The van der Waals surface area contributed by atoms with Crippen molar-refractivity contribution < 1.29 is 13.2 Å². The van der Waals surface area contributed by atoms with Crippen molar-refractivity contribution >= 4 is 27.7 Å². The molecule has 2 aromatic carbocycles. The van der Waals surface area contributed by atoms with Crippen molar-refractivity contribution in [2.24, 2.45) is 5.14 Å². The van der Waals surface area contributed by atoms with Crippen LogP contribution in [0.5, 0.6) is 0 Å². The van der Waals surface area contributed by atoms with Crippen molar-refractivity contribution in [3.8, 4) is 0 Å². The third-order valence-corrected chi connectivity index (χ3v) is 5.72. The molecule has 0 aliphatic carbocycles. The average Bonchev–Trinajstić information content (AvgIpc) is 2.54. The van der Waals surface area contributed by atoms with Crippen LogP contribution in [0.4, 0.5) is 0 Å². The molecule has 0 aromatic heterocycles. The van der Waals surface area contributed by atoms with E-state index in [2.05, 4.69) is 5.32 Å². The molecule has 2 aromatic rings. The first kappa shape index (κ1) is 16.0. The van der Waals surface area contributed by atoms with Crippen LogP contribution in [-0.4, -0.2) is 20.1 Å². The quantitative estimate of drug-likeness (QED) is 0.891. The number of sulfonamides is 1. The summed E-state index contributed by atoms with van der Waals surface area (Å²) in [5.41, 5.74) is 1.38. The Labute approximate surface area is 139 Å². The maximum atomic E-state index is 12.4. The topological polar surface area (TPSA) is 89.3 Å². The molecular weight excluding hydrogens is 332 g/mol. The predicted molar refractivity (Wildman–Crippen MR) is 89.8 cm³/mol. The Balaban J connectivity index is 1.84. The molecular formula is C16H16N2O3S2. The van der Waals surface area contributed by atoms with Crippen LogP contribution in [0.15, 0.2) is 58.3 Å². The first-order chi connectivity index (χ1) is 10.9. The fraction of sp³-hybridized carbons (Fsp3) is 0.188. The summed E-state index contributed by atoms with van der Waals surface area (Å²) in [6.07, 6.45) is 0.836. The van der Waals surface area contributed by atoms with Crippen LogP contribution in [0.2, 0.25) is 0 Å². The number of primary sulfonamides is 1. The summed E-state index contributed by atoms with van der Waals surface area (Å²) in [5.74, 6) is 0.626. The Hall–Kier alpha value is -1.83. The monoisotopic (exact) mass is 348 g/mol. The number of benzene rings is 2. The maximum Gasteiger partial charge on any atom is 0.251 e. The smallest absolute Gasteiger partial charge is 0.251 e. The summed E-state index contributed by atoms with van der Waals surface area (Å²) in [6, 6.07) is 13.7. The van der Waals surface area contributed by atoms with Crippen LogP contribution in [-0.2, 0) is 10.0 Å². The maximum absolute atomic E-state index is 12.4. The molecule has 0 fully saturated rings. The van der Waals surface area contributed by atoms with Gasteiger partial charge >= 0.3 is 0 Å². The van der Waals surface area contributed by atoms with Gasteiger partial charge in [0.25, 0.3) is 5.91 Å². The van der Waals surface area contributed by atoms with Crippen molar-refractivity contribution in [1.29, 1.82) is 0 Å². The van der Waals surface area contributed by atoms with Gasteiger partial charge in [-0.15, -0.1) is 11.8 Å². The summed E-state index contributed by atoms with van der Waals surface area (Å²) < 4.78 is 22.8. The van der Waals surface area contributed by atoms with Gasteiger partial charge in [0.05, 0.1) is 10.9 Å². The van der Waals surface area contributed by atoms with Crippen molar-refractivity contribution in [3.63, 3.8) is 0 Å². The SMILES string of the molecule is NS(=O)(=O)c1cccc(C(=O)N[C@@H]2CCSc3ccccc32)c1. The van der Waals surface area contributed by atoms with Gasteiger partial charge in [0.15, 0.2) is 0 Å². The molecule has 5 nitrogen and oxygen atoms in total. The molecule has 3 N–H and O–H groups in total. The first-order valence-corrected chi connectivity index (χ1v) is 9.64. The van der Waals surface area contributed by atoms with Gasteiger partial charge in [0.1, 0.15) is 0 Å². The van der Waals surface area contributed by atoms with E-state index in [0.29, 0.717) is 0 Å². The summed E-state index contributed by atoms with van der Waals surface area (Å²) in [5, 5.41) is 8.09. The fourth-order valence-electron chi connectivity index (χ4n) is 2.55. The van der Waals surface area contributed by atoms with E-state index in [1.807, 2.05) is 24.3 Å². The minimum Gasteiger partial charge on any atom is -0.345 e. The minimum atomic E-state index is -3.82. The molecule has 0 saturated heterocycles. The van der Waals surface area contributed by atoms with Gasteiger partial charge in [-0.2, -0.15) is 0 Å². The lowest BCUT2D eigenvalue weighted by atomic mass is 10.0. The second-order valence-corrected chi connectivity index (χ2v) is 7.97. The molecule has 0 spiro atoms. The first-order valence-electron chi connectivity index (χ1n) is 7.10. The van der Waals surface area contributed by atoms with Gasteiger partial charge < -0.3 is 5.32 Å². The number of carbonyl (C=O) groups is 1. The van der Waals surface area contributed by atoms with Crippen LogP contribution in [0.3, 0.4) is 0 Å². The van der Waals surface area contributed by atoms with E-state index in [-0.39, 0.29) is 22.4 Å². The van der Waals surface area contributed by atoms with Gasteiger partial charge in [0, 0.05) is 16.2 Å². The molecule has 3 rings (SSSR count). The lowest BCUT2D eigenvalue weighted by Gasteiger charge is -2.25. The molecule has 7 heteroatoms. The normalized spacial score (nSPS) is 17.3. The van der Waals surface area contributed by atoms with Gasteiger partial charge in [-0.25, -0.2) is 13.6 Å². The van der Waals surface area contributed by atoms with E-state index in [1.165, 1.54) is 23.1 Å². The highest BCUT2D eigenvalue weighted by Gasteiger charge is 2.22.